The number of nitrogens with zero attached hydrogens (tertiary/aromatic N) is 3. The van der Waals surface area contributed by atoms with Gasteiger partial charge in [0.1, 0.15) is 16.8 Å². The number of amides is 1. The van der Waals surface area contributed by atoms with Gasteiger partial charge in [0.15, 0.2) is 16.6 Å². The highest BCUT2D eigenvalue weighted by Crippen LogP contribution is 2.27. The van der Waals surface area contributed by atoms with Crippen LogP contribution in [-0.4, -0.2) is 47.3 Å². The summed E-state index contributed by atoms with van der Waals surface area (Å²) in [5.74, 6) is 1.37. The Labute approximate surface area is 201 Å². The molecule has 1 heterocycles. The highest BCUT2D eigenvalue weighted by atomic mass is 32.1. The van der Waals surface area contributed by atoms with Crippen LogP contribution in [-0.2, 0) is 0 Å². The van der Waals surface area contributed by atoms with E-state index >= 15 is 0 Å². The SMILES string of the molecule is COc1ccc(-n2nc3cc(C)c(NC(=S)NC(=O)c4ccc(OC)c(OC)c4)cc3n2)cc1. The van der Waals surface area contributed by atoms with Crippen molar-refractivity contribution in [2.75, 3.05) is 26.6 Å². The molecule has 0 fully saturated rings. The second-order valence-electron chi connectivity index (χ2n) is 7.32. The van der Waals surface area contributed by atoms with E-state index in [0.29, 0.717) is 28.3 Å². The minimum Gasteiger partial charge on any atom is -0.497 e. The number of ether oxygens (including phenoxy) is 3. The summed E-state index contributed by atoms with van der Waals surface area (Å²) in [5, 5.41) is 15.0. The Bertz CT molecular complexity index is 1370. The number of hydrogen-bond acceptors (Lipinski definition) is 7. The average Bonchev–Trinajstić information content (AvgIpc) is 3.26. The van der Waals surface area contributed by atoms with Crippen LogP contribution >= 0.6 is 12.2 Å². The van der Waals surface area contributed by atoms with Crippen molar-refractivity contribution in [3.8, 4) is 22.9 Å². The molecule has 0 aliphatic carbocycles. The summed E-state index contributed by atoms with van der Waals surface area (Å²) in [6, 6.07) is 16.1. The number of rotatable bonds is 6. The van der Waals surface area contributed by atoms with Gasteiger partial charge in [0.05, 0.1) is 27.0 Å². The molecule has 0 bridgehead atoms. The van der Waals surface area contributed by atoms with Crippen molar-refractivity contribution in [1.29, 1.82) is 0 Å². The van der Waals surface area contributed by atoms with E-state index in [1.165, 1.54) is 14.2 Å². The molecule has 1 aromatic heterocycles. The van der Waals surface area contributed by atoms with E-state index in [9.17, 15) is 4.79 Å². The number of carbonyl (C=O) groups excluding carboxylic acids is 1. The molecule has 0 aliphatic rings. The monoisotopic (exact) mass is 477 g/mol. The van der Waals surface area contributed by atoms with Crippen LogP contribution < -0.4 is 24.8 Å². The number of aromatic nitrogens is 3. The summed E-state index contributed by atoms with van der Waals surface area (Å²) < 4.78 is 15.7. The zero-order chi connectivity index (χ0) is 24.2. The van der Waals surface area contributed by atoms with E-state index in [1.54, 1.807) is 30.1 Å². The topological polar surface area (TPSA) is 99.5 Å². The summed E-state index contributed by atoms with van der Waals surface area (Å²) in [6.45, 7) is 1.92. The molecule has 4 aromatic rings. The number of anilines is 1. The minimum atomic E-state index is -0.373. The largest absolute Gasteiger partial charge is 0.497 e. The Kier molecular flexibility index (Phi) is 6.60. The quantitative estimate of drug-likeness (QED) is 0.404. The summed E-state index contributed by atoms with van der Waals surface area (Å²) in [5.41, 5.74) is 4.22. The second-order valence-corrected chi connectivity index (χ2v) is 7.73. The molecule has 0 radical (unpaired) electrons. The van der Waals surface area contributed by atoms with Gasteiger partial charge in [0.2, 0.25) is 0 Å². The lowest BCUT2D eigenvalue weighted by Gasteiger charge is -2.13. The molecular weight excluding hydrogens is 454 g/mol. The van der Waals surface area contributed by atoms with Gasteiger partial charge in [0, 0.05) is 11.3 Å². The van der Waals surface area contributed by atoms with Crippen LogP contribution in [0.4, 0.5) is 5.69 Å². The summed E-state index contributed by atoms with van der Waals surface area (Å²) in [6.07, 6.45) is 0. The Balaban J connectivity index is 1.50. The Morgan fingerprint density at radius 3 is 2.21 bits per heavy atom. The van der Waals surface area contributed by atoms with Gasteiger partial charge in [-0.05, 0) is 79.3 Å². The normalized spacial score (nSPS) is 10.6. The second kappa shape index (κ2) is 9.75. The third kappa shape index (κ3) is 4.76. The molecule has 0 aliphatic heterocycles. The summed E-state index contributed by atoms with van der Waals surface area (Å²) in [7, 11) is 4.66. The maximum atomic E-state index is 12.6. The third-order valence-corrected chi connectivity index (χ3v) is 5.35. The van der Waals surface area contributed by atoms with Gasteiger partial charge in [0.25, 0.3) is 5.91 Å². The average molecular weight is 478 g/mol. The van der Waals surface area contributed by atoms with E-state index in [4.69, 9.17) is 26.4 Å². The maximum absolute atomic E-state index is 12.6. The van der Waals surface area contributed by atoms with Gasteiger partial charge < -0.3 is 19.5 Å². The van der Waals surface area contributed by atoms with Gasteiger partial charge in [-0.25, -0.2) is 0 Å². The zero-order valence-corrected chi connectivity index (χ0v) is 19.9. The lowest BCUT2D eigenvalue weighted by molar-refractivity contribution is 0.0977. The molecule has 0 saturated carbocycles. The van der Waals surface area contributed by atoms with Crippen molar-refractivity contribution < 1.29 is 19.0 Å². The molecule has 1 amide bonds. The van der Waals surface area contributed by atoms with Crippen molar-refractivity contribution in [2.24, 2.45) is 0 Å². The van der Waals surface area contributed by atoms with Gasteiger partial charge >= 0.3 is 0 Å². The number of aryl methyl sites for hydroxylation is 1. The zero-order valence-electron chi connectivity index (χ0n) is 19.1. The lowest BCUT2D eigenvalue weighted by Crippen LogP contribution is -2.34. The number of benzene rings is 3. The fourth-order valence-corrected chi connectivity index (χ4v) is 3.54. The highest BCUT2D eigenvalue weighted by Gasteiger charge is 2.14. The first kappa shape index (κ1) is 23.0. The van der Waals surface area contributed by atoms with Crippen LogP contribution in [0, 0.1) is 6.92 Å². The molecule has 174 valence electrons. The van der Waals surface area contributed by atoms with Crippen LogP contribution in [0.15, 0.2) is 54.6 Å². The van der Waals surface area contributed by atoms with E-state index in [0.717, 1.165) is 22.5 Å². The Hall–Kier alpha value is -4.18. The number of nitrogens with one attached hydrogen (secondary N) is 2. The molecule has 0 atom stereocenters. The number of carbonyl (C=O) groups is 1. The first-order valence-electron chi connectivity index (χ1n) is 10.3. The van der Waals surface area contributed by atoms with Crippen LogP contribution in [0.25, 0.3) is 16.7 Å². The van der Waals surface area contributed by atoms with Crippen molar-refractivity contribution in [3.63, 3.8) is 0 Å². The van der Waals surface area contributed by atoms with Gasteiger partial charge in [-0.3, -0.25) is 10.1 Å². The summed E-state index contributed by atoms with van der Waals surface area (Å²) >= 11 is 5.36. The molecule has 34 heavy (non-hydrogen) atoms. The number of fused-ring (bicyclic) bond motifs is 1. The first-order chi connectivity index (χ1) is 16.4. The maximum Gasteiger partial charge on any atom is 0.257 e. The highest BCUT2D eigenvalue weighted by molar-refractivity contribution is 7.80. The minimum absolute atomic E-state index is 0.157. The fourth-order valence-electron chi connectivity index (χ4n) is 3.34. The number of methoxy groups -OCH3 is 3. The third-order valence-electron chi connectivity index (χ3n) is 5.15. The molecule has 0 unspecified atom stereocenters. The Morgan fingerprint density at radius 1 is 0.882 bits per heavy atom. The standard InChI is InChI=1S/C24H23N5O4S/c1-14-11-19-20(28-29(27-19)16-6-8-17(31-2)9-7-16)13-18(14)25-24(34)26-23(30)15-5-10-21(32-3)22(12-15)33-4/h5-13H,1-4H3,(H2,25,26,30,34). The van der Waals surface area contributed by atoms with Crippen molar-refractivity contribution in [1.82, 2.24) is 20.3 Å². The smallest absolute Gasteiger partial charge is 0.257 e. The van der Waals surface area contributed by atoms with Crippen LogP contribution in [0.3, 0.4) is 0 Å². The number of hydrogen-bond donors (Lipinski definition) is 2. The summed E-state index contributed by atoms with van der Waals surface area (Å²) in [4.78, 5) is 14.2. The molecular formula is C24H23N5O4S. The van der Waals surface area contributed by atoms with Crippen LogP contribution in [0.1, 0.15) is 15.9 Å². The number of thiocarbonyl (C=S) groups is 1. The van der Waals surface area contributed by atoms with Gasteiger partial charge in [-0.1, -0.05) is 0 Å². The first-order valence-corrected chi connectivity index (χ1v) is 10.7. The molecule has 4 rings (SSSR count). The predicted octanol–water partition coefficient (Wildman–Crippen LogP) is 3.88. The van der Waals surface area contributed by atoms with Crippen molar-refractivity contribution in [2.45, 2.75) is 6.92 Å². The van der Waals surface area contributed by atoms with Gasteiger partial charge in [-0.15, -0.1) is 10.2 Å². The van der Waals surface area contributed by atoms with Crippen molar-refractivity contribution in [3.05, 3.63) is 65.7 Å². The molecule has 0 spiro atoms. The van der Waals surface area contributed by atoms with Crippen LogP contribution in [0.2, 0.25) is 0 Å². The fraction of sp³-hybridized carbons (Fsp3) is 0.167. The van der Waals surface area contributed by atoms with E-state index < -0.39 is 0 Å². The van der Waals surface area contributed by atoms with Crippen LogP contribution in [0.5, 0.6) is 17.2 Å². The van der Waals surface area contributed by atoms with E-state index in [1.807, 2.05) is 43.3 Å². The molecule has 0 saturated heterocycles. The van der Waals surface area contributed by atoms with E-state index in [-0.39, 0.29) is 11.0 Å². The molecule has 10 heteroatoms. The molecule has 3 aromatic carbocycles. The van der Waals surface area contributed by atoms with Crippen molar-refractivity contribution >= 4 is 40.0 Å². The predicted molar refractivity (Wildman–Crippen MR) is 133 cm³/mol. The lowest BCUT2D eigenvalue weighted by atomic mass is 10.1. The Morgan fingerprint density at radius 2 is 1.56 bits per heavy atom. The van der Waals surface area contributed by atoms with E-state index in [2.05, 4.69) is 20.8 Å². The van der Waals surface area contributed by atoms with Gasteiger partial charge in [-0.2, -0.15) is 4.80 Å². The molecule has 2 N–H and O–H groups in total. The molecule has 9 nitrogen and oxygen atoms in total.